The fourth-order valence-corrected chi connectivity index (χ4v) is 3.68. The van der Waals surface area contributed by atoms with Crippen LogP contribution in [-0.4, -0.2) is 40.4 Å². The lowest BCUT2D eigenvalue weighted by Gasteiger charge is -2.20. The molecule has 2 heterocycles. The highest BCUT2D eigenvalue weighted by Gasteiger charge is 2.50. The van der Waals surface area contributed by atoms with E-state index in [1.165, 1.54) is 0 Å². The standard InChI is InChI=1S/C18H19N3O3/c22-10-14(23)9-20-13-4-3-11-7-18(8-12(11)6-13)15-2-1-5-19-16(15)21-17(18)24/h1-6,14,20,22-23H,7-10H2,(H,19,21,24). The van der Waals surface area contributed by atoms with Gasteiger partial charge in [0.05, 0.1) is 18.1 Å². The molecular weight excluding hydrogens is 306 g/mol. The molecule has 2 atom stereocenters. The Kier molecular flexibility index (Phi) is 3.51. The average molecular weight is 325 g/mol. The molecule has 2 unspecified atom stereocenters. The number of benzene rings is 1. The van der Waals surface area contributed by atoms with Crippen molar-refractivity contribution in [2.45, 2.75) is 24.4 Å². The van der Waals surface area contributed by atoms with E-state index in [0.29, 0.717) is 18.7 Å². The molecule has 0 saturated carbocycles. The maximum Gasteiger partial charge on any atom is 0.237 e. The number of aliphatic hydroxyl groups excluding tert-OH is 2. The molecule has 24 heavy (non-hydrogen) atoms. The lowest BCUT2D eigenvalue weighted by Crippen LogP contribution is -2.35. The summed E-state index contributed by atoms with van der Waals surface area (Å²) in [6.07, 6.45) is 2.22. The fourth-order valence-electron chi connectivity index (χ4n) is 3.68. The number of aliphatic hydroxyl groups is 2. The van der Waals surface area contributed by atoms with Crippen molar-refractivity contribution in [1.82, 2.24) is 4.98 Å². The van der Waals surface area contributed by atoms with Crippen LogP contribution in [-0.2, 0) is 23.1 Å². The number of carbonyl (C=O) groups is 1. The predicted molar refractivity (Wildman–Crippen MR) is 90.0 cm³/mol. The third-order valence-corrected chi connectivity index (χ3v) is 4.93. The zero-order chi connectivity index (χ0) is 16.7. The summed E-state index contributed by atoms with van der Waals surface area (Å²) >= 11 is 0. The van der Waals surface area contributed by atoms with Crippen molar-refractivity contribution in [2.75, 3.05) is 23.8 Å². The van der Waals surface area contributed by atoms with Crippen LogP contribution in [0.1, 0.15) is 16.7 Å². The molecule has 1 amide bonds. The van der Waals surface area contributed by atoms with E-state index in [4.69, 9.17) is 5.11 Å². The summed E-state index contributed by atoms with van der Waals surface area (Å²) in [5, 5.41) is 24.4. The van der Waals surface area contributed by atoms with Crippen LogP contribution < -0.4 is 10.6 Å². The van der Waals surface area contributed by atoms with Crippen molar-refractivity contribution in [2.24, 2.45) is 0 Å². The van der Waals surface area contributed by atoms with Gasteiger partial charge in [-0.05, 0) is 42.2 Å². The molecule has 2 aliphatic rings. The molecule has 4 rings (SSSR count). The van der Waals surface area contributed by atoms with Crippen LogP contribution >= 0.6 is 0 Å². The highest BCUT2D eigenvalue weighted by atomic mass is 16.3. The van der Waals surface area contributed by atoms with E-state index in [-0.39, 0.29) is 19.1 Å². The third-order valence-electron chi connectivity index (χ3n) is 4.93. The normalized spacial score (nSPS) is 22.2. The van der Waals surface area contributed by atoms with E-state index in [1.54, 1.807) is 6.20 Å². The number of anilines is 2. The number of aromatic nitrogens is 1. The zero-order valence-corrected chi connectivity index (χ0v) is 13.1. The van der Waals surface area contributed by atoms with Crippen LogP contribution in [0, 0.1) is 0 Å². The van der Waals surface area contributed by atoms with Crippen molar-refractivity contribution in [1.29, 1.82) is 0 Å². The van der Waals surface area contributed by atoms with Gasteiger partial charge in [0.25, 0.3) is 0 Å². The lowest BCUT2D eigenvalue weighted by atomic mass is 9.79. The number of nitrogens with zero attached hydrogens (tertiary/aromatic N) is 1. The SMILES string of the molecule is O=C1Nc2ncccc2C12Cc1ccc(NCC(O)CO)cc1C2. The highest BCUT2D eigenvalue weighted by Crippen LogP contribution is 2.46. The zero-order valence-electron chi connectivity index (χ0n) is 13.1. The first-order chi connectivity index (χ1) is 11.6. The Hall–Kier alpha value is -2.44. The van der Waals surface area contributed by atoms with Crippen molar-refractivity contribution in [3.8, 4) is 0 Å². The first-order valence-corrected chi connectivity index (χ1v) is 8.04. The Morgan fingerprint density at radius 2 is 2.12 bits per heavy atom. The average Bonchev–Trinajstić information content (AvgIpc) is 3.11. The number of carbonyl (C=O) groups excluding carboxylic acids is 1. The minimum Gasteiger partial charge on any atom is -0.394 e. The molecule has 0 bridgehead atoms. The number of rotatable bonds is 4. The highest BCUT2D eigenvalue weighted by molar-refractivity contribution is 6.06. The smallest absolute Gasteiger partial charge is 0.237 e. The van der Waals surface area contributed by atoms with Crippen LogP contribution in [0.2, 0.25) is 0 Å². The van der Waals surface area contributed by atoms with E-state index in [0.717, 1.165) is 22.4 Å². The molecule has 0 radical (unpaired) electrons. The summed E-state index contributed by atoms with van der Waals surface area (Å²) in [5.41, 5.74) is 3.58. The Bertz CT molecular complexity index is 808. The van der Waals surface area contributed by atoms with Crippen molar-refractivity contribution in [3.63, 3.8) is 0 Å². The van der Waals surface area contributed by atoms with E-state index in [2.05, 4.69) is 15.6 Å². The van der Waals surface area contributed by atoms with Gasteiger partial charge in [-0.3, -0.25) is 4.79 Å². The number of hydrogen-bond acceptors (Lipinski definition) is 5. The van der Waals surface area contributed by atoms with Gasteiger partial charge < -0.3 is 20.8 Å². The summed E-state index contributed by atoms with van der Waals surface area (Å²) in [6, 6.07) is 9.84. The van der Waals surface area contributed by atoms with Gasteiger partial charge in [0.15, 0.2) is 0 Å². The molecule has 6 heteroatoms. The molecule has 1 aromatic heterocycles. The van der Waals surface area contributed by atoms with E-state index >= 15 is 0 Å². The molecular formula is C18H19N3O3. The Balaban J connectivity index is 1.62. The van der Waals surface area contributed by atoms with Crippen molar-refractivity contribution >= 4 is 17.4 Å². The lowest BCUT2D eigenvalue weighted by molar-refractivity contribution is -0.120. The maximum absolute atomic E-state index is 12.6. The Morgan fingerprint density at radius 1 is 1.29 bits per heavy atom. The Labute approximate surface area is 139 Å². The van der Waals surface area contributed by atoms with Gasteiger partial charge in [0.2, 0.25) is 5.91 Å². The van der Waals surface area contributed by atoms with Crippen LogP contribution in [0.3, 0.4) is 0 Å². The van der Waals surface area contributed by atoms with Gasteiger partial charge in [-0.2, -0.15) is 0 Å². The largest absolute Gasteiger partial charge is 0.394 e. The number of nitrogens with one attached hydrogen (secondary N) is 2. The first-order valence-electron chi connectivity index (χ1n) is 8.04. The summed E-state index contributed by atoms with van der Waals surface area (Å²) < 4.78 is 0. The summed E-state index contributed by atoms with van der Waals surface area (Å²) in [4.78, 5) is 16.9. The summed E-state index contributed by atoms with van der Waals surface area (Å²) in [5.74, 6) is 0.678. The molecule has 6 nitrogen and oxygen atoms in total. The van der Waals surface area contributed by atoms with E-state index in [9.17, 15) is 9.90 Å². The monoisotopic (exact) mass is 325 g/mol. The van der Waals surface area contributed by atoms with Gasteiger partial charge in [0, 0.05) is 24.0 Å². The van der Waals surface area contributed by atoms with E-state index < -0.39 is 11.5 Å². The molecule has 124 valence electrons. The second kappa shape index (κ2) is 5.58. The van der Waals surface area contributed by atoms with E-state index in [1.807, 2.05) is 30.3 Å². The molecule has 1 spiro atoms. The summed E-state index contributed by atoms with van der Waals surface area (Å²) in [6.45, 7) is 0.0126. The van der Waals surface area contributed by atoms with Gasteiger partial charge in [-0.15, -0.1) is 0 Å². The minimum atomic E-state index is -0.789. The fraction of sp³-hybridized carbons (Fsp3) is 0.333. The van der Waals surface area contributed by atoms with Gasteiger partial charge in [-0.1, -0.05) is 12.1 Å². The van der Waals surface area contributed by atoms with Gasteiger partial charge >= 0.3 is 0 Å². The molecule has 4 N–H and O–H groups in total. The first kappa shape index (κ1) is 15.1. The molecule has 2 aromatic rings. The van der Waals surface area contributed by atoms with Crippen molar-refractivity contribution in [3.05, 3.63) is 53.2 Å². The molecule has 0 saturated heterocycles. The predicted octanol–water partition coefficient (Wildman–Crippen LogP) is 0.835. The second-order valence-electron chi connectivity index (χ2n) is 6.49. The van der Waals surface area contributed by atoms with Crippen LogP contribution in [0.25, 0.3) is 0 Å². The topological polar surface area (TPSA) is 94.5 Å². The van der Waals surface area contributed by atoms with Crippen LogP contribution in [0.15, 0.2) is 36.5 Å². The third kappa shape index (κ3) is 2.26. The minimum absolute atomic E-state index is 0.0117. The van der Waals surface area contributed by atoms with Crippen molar-refractivity contribution < 1.29 is 15.0 Å². The molecule has 0 fully saturated rings. The number of pyridine rings is 1. The van der Waals surface area contributed by atoms with Crippen LogP contribution in [0.4, 0.5) is 11.5 Å². The quantitative estimate of drug-likeness (QED) is 0.668. The van der Waals surface area contributed by atoms with Gasteiger partial charge in [-0.25, -0.2) is 4.98 Å². The number of fused-ring (bicyclic) bond motifs is 3. The second-order valence-corrected chi connectivity index (χ2v) is 6.49. The van der Waals surface area contributed by atoms with Crippen LogP contribution in [0.5, 0.6) is 0 Å². The maximum atomic E-state index is 12.6. The summed E-state index contributed by atoms with van der Waals surface area (Å²) in [7, 11) is 0. The van der Waals surface area contributed by atoms with Gasteiger partial charge in [0.1, 0.15) is 5.82 Å². The molecule has 1 aliphatic heterocycles. The Morgan fingerprint density at radius 3 is 2.96 bits per heavy atom. The molecule has 1 aliphatic carbocycles. The molecule has 1 aromatic carbocycles. The number of hydrogen-bond donors (Lipinski definition) is 4. The number of amides is 1.